The average molecular weight is 220 g/mol. The molecule has 0 fully saturated rings. The molecule has 0 saturated carbocycles. The van der Waals surface area contributed by atoms with Gasteiger partial charge in [0.2, 0.25) is 0 Å². The van der Waals surface area contributed by atoms with Gasteiger partial charge in [-0.05, 0) is 13.3 Å². The van der Waals surface area contributed by atoms with Crippen LogP contribution in [-0.2, 0) is 10.0 Å². The van der Waals surface area contributed by atoms with E-state index in [0.29, 0.717) is 0 Å². The summed E-state index contributed by atoms with van der Waals surface area (Å²) in [7, 11) is -5.20. The molecule has 0 aromatic heterocycles. The molecule has 0 amide bonds. The maximum absolute atomic E-state index is 11.7. The standard InChI is InChI=1S/C5H11F3N2O2S/c1-4(9)2-3-10-13(11,12)5(6,7)8/h4,10H,2-3,9H2,1H3. The van der Waals surface area contributed by atoms with Gasteiger partial charge in [0.1, 0.15) is 0 Å². The zero-order chi connectivity index (χ0) is 10.7. The Hall–Kier alpha value is -0.340. The van der Waals surface area contributed by atoms with E-state index in [9.17, 15) is 21.6 Å². The molecule has 1 atom stereocenters. The fourth-order valence-electron chi connectivity index (χ4n) is 0.503. The molecule has 13 heavy (non-hydrogen) atoms. The maximum atomic E-state index is 11.7. The molecule has 0 aliphatic carbocycles. The summed E-state index contributed by atoms with van der Waals surface area (Å²) in [6.07, 6.45) is 0.162. The first-order valence-electron chi connectivity index (χ1n) is 3.48. The summed E-state index contributed by atoms with van der Waals surface area (Å²) in [6, 6.07) is -0.337. The maximum Gasteiger partial charge on any atom is 0.511 e. The van der Waals surface area contributed by atoms with Gasteiger partial charge in [-0.1, -0.05) is 0 Å². The average Bonchev–Trinajstić information content (AvgIpc) is 1.82. The molecule has 4 nitrogen and oxygen atoms in total. The second-order valence-corrected chi connectivity index (χ2v) is 4.37. The van der Waals surface area contributed by atoms with Gasteiger partial charge in [0.25, 0.3) is 0 Å². The molecule has 0 aliphatic heterocycles. The quantitative estimate of drug-likeness (QED) is 0.709. The van der Waals surface area contributed by atoms with Crippen LogP contribution in [0.2, 0.25) is 0 Å². The molecule has 0 saturated heterocycles. The number of hydrogen-bond donors (Lipinski definition) is 2. The van der Waals surface area contributed by atoms with E-state index in [1.807, 2.05) is 0 Å². The fraction of sp³-hybridized carbons (Fsp3) is 1.00. The lowest BCUT2D eigenvalue weighted by atomic mass is 10.3. The van der Waals surface area contributed by atoms with E-state index in [2.05, 4.69) is 0 Å². The van der Waals surface area contributed by atoms with Crippen LogP contribution in [0.5, 0.6) is 0 Å². The summed E-state index contributed by atoms with van der Waals surface area (Å²) in [5.74, 6) is 0. The number of alkyl halides is 3. The van der Waals surface area contributed by atoms with E-state index in [0.717, 1.165) is 0 Å². The van der Waals surface area contributed by atoms with Gasteiger partial charge in [-0.15, -0.1) is 0 Å². The third-order valence-electron chi connectivity index (χ3n) is 1.20. The molecule has 0 radical (unpaired) electrons. The van der Waals surface area contributed by atoms with E-state index in [-0.39, 0.29) is 19.0 Å². The molecular formula is C5H11F3N2O2S. The Morgan fingerprint density at radius 3 is 2.23 bits per heavy atom. The monoisotopic (exact) mass is 220 g/mol. The minimum atomic E-state index is -5.25. The van der Waals surface area contributed by atoms with E-state index in [4.69, 9.17) is 5.73 Å². The van der Waals surface area contributed by atoms with E-state index in [1.165, 1.54) is 4.72 Å². The highest BCUT2D eigenvalue weighted by Crippen LogP contribution is 2.21. The van der Waals surface area contributed by atoms with Gasteiger partial charge in [-0.3, -0.25) is 0 Å². The van der Waals surface area contributed by atoms with Crippen molar-refractivity contribution in [1.82, 2.24) is 4.72 Å². The lowest BCUT2D eigenvalue weighted by Gasteiger charge is -2.10. The lowest BCUT2D eigenvalue weighted by molar-refractivity contribution is -0.0447. The van der Waals surface area contributed by atoms with Crippen LogP contribution in [0, 0.1) is 0 Å². The minimum Gasteiger partial charge on any atom is -0.328 e. The molecule has 3 N–H and O–H groups in total. The lowest BCUT2D eigenvalue weighted by Crippen LogP contribution is -2.38. The first kappa shape index (κ1) is 12.7. The highest BCUT2D eigenvalue weighted by molar-refractivity contribution is 7.90. The van der Waals surface area contributed by atoms with Crippen LogP contribution in [-0.4, -0.2) is 26.5 Å². The Morgan fingerprint density at radius 1 is 1.46 bits per heavy atom. The van der Waals surface area contributed by atoms with Crippen molar-refractivity contribution in [3.8, 4) is 0 Å². The molecule has 8 heteroatoms. The van der Waals surface area contributed by atoms with Crippen molar-refractivity contribution >= 4 is 10.0 Å². The van der Waals surface area contributed by atoms with Crippen LogP contribution in [0.1, 0.15) is 13.3 Å². The van der Waals surface area contributed by atoms with Gasteiger partial charge in [-0.25, -0.2) is 13.1 Å². The predicted molar refractivity (Wildman–Crippen MR) is 41.2 cm³/mol. The Bertz CT molecular complexity index is 247. The van der Waals surface area contributed by atoms with Crippen molar-refractivity contribution in [2.75, 3.05) is 6.54 Å². The molecule has 0 rings (SSSR count). The van der Waals surface area contributed by atoms with Crippen LogP contribution in [0.25, 0.3) is 0 Å². The van der Waals surface area contributed by atoms with Crippen molar-refractivity contribution < 1.29 is 21.6 Å². The van der Waals surface area contributed by atoms with Crippen LogP contribution < -0.4 is 10.5 Å². The summed E-state index contributed by atoms with van der Waals surface area (Å²) in [4.78, 5) is 0. The van der Waals surface area contributed by atoms with Crippen molar-refractivity contribution in [3.05, 3.63) is 0 Å². The molecule has 0 aromatic rings. The molecule has 0 bridgehead atoms. The highest BCUT2D eigenvalue weighted by Gasteiger charge is 2.45. The van der Waals surface area contributed by atoms with Crippen LogP contribution in [0.15, 0.2) is 0 Å². The van der Waals surface area contributed by atoms with Crippen LogP contribution >= 0.6 is 0 Å². The second kappa shape index (κ2) is 4.25. The number of nitrogens with two attached hydrogens (primary N) is 1. The Balaban J connectivity index is 4.07. The summed E-state index contributed by atoms with van der Waals surface area (Å²) < 4.78 is 57.1. The smallest absolute Gasteiger partial charge is 0.328 e. The Morgan fingerprint density at radius 2 is 1.92 bits per heavy atom. The van der Waals surface area contributed by atoms with Gasteiger partial charge in [0.15, 0.2) is 0 Å². The van der Waals surface area contributed by atoms with E-state index >= 15 is 0 Å². The first-order valence-corrected chi connectivity index (χ1v) is 4.96. The largest absolute Gasteiger partial charge is 0.511 e. The first-order chi connectivity index (χ1) is 5.67. The molecular weight excluding hydrogens is 209 g/mol. The van der Waals surface area contributed by atoms with Crippen LogP contribution in [0.3, 0.4) is 0 Å². The van der Waals surface area contributed by atoms with Crippen molar-refractivity contribution in [2.24, 2.45) is 5.73 Å². The van der Waals surface area contributed by atoms with E-state index < -0.39 is 15.5 Å². The third kappa shape index (κ3) is 4.44. The number of nitrogens with one attached hydrogen (secondary N) is 1. The van der Waals surface area contributed by atoms with Crippen molar-refractivity contribution in [3.63, 3.8) is 0 Å². The fourth-order valence-corrected chi connectivity index (χ4v) is 1.05. The molecule has 1 unspecified atom stereocenters. The van der Waals surface area contributed by atoms with Crippen molar-refractivity contribution in [2.45, 2.75) is 24.9 Å². The highest BCUT2D eigenvalue weighted by atomic mass is 32.2. The topological polar surface area (TPSA) is 72.2 Å². The molecule has 0 aliphatic rings. The minimum absolute atomic E-state index is 0.162. The summed E-state index contributed by atoms with van der Waals surface area (Å²) in [5, 5.41) is 0. The Kier molecular flexibility index (Phi) is 4.14. The van der Waals surface area contributed by atoms with Gasteiger partial charge < -0.3 is 5.73 Å². The summed E-state index contributed by atoms with van der Waals surface area (Å²) in [6.45, 7) is 1.27. The number of sulfonamides is 1. The molecule has 80 valence electrons. The van der Waals surface area contributed by atoms with Gasteiger partial charge in [0, 0.05) is 12.6 Å². The zero-order valence-corrected chi connectivity index (χ0v) is 7.74. The van der Waals surface area contributed by atoms with Crippen molar-refractivity contribution in [1.29, 1.82) is 0 Å². The zero-order valence-electron chi connectivity index (χ0n) is 6.93. The third-order valence-corrected chi connectivity index (χ3v) is 2.39. The van der Waals surface area contributed by atoms with Gasteiger partial charge in [0.05, 0.1) is 0 Å². The van der Waals surface area contributed by atoms with Crippen LogP contribution in [0.4, 0.5) is 13.2 Å². The Labute approximate surface area is 74.3 Å². The number of rotatable bonds is 4. The number of halogens is 3. The second-order valence-electron chi connectivity index (χ2n) is 2.61. The molecule has 0 aromatic carbocycles. The van der Waals surface area contributed by atoms with Gasteiger partial charge >= 0.3 is 15.5 Å². The predicted octanol–water partition coefficient (Wildman–Crippen LogP) is 0.163. The van der Waals surface area contributed by atoms with Gasteiger partial charge in [-0.2, -0.15) is 13.2 Å². The SMILES string of the molecule is CC(N)CCNS(=O)(=O)C(F)(F)F. The molecule has 0 heterocycles. The normalized spacial score (nSPS) is 15.8. The van der Waals surface area contributed by atoms with E-state index in [1.54, 1.807) is 6.92 Å². The summed E-state index contributed by atoms with van der Waals surface area (Å²) in [5.41, 5.74) is -0.0305. The summed E-state index contributed by atoms with van der Waals surface area (Å²) >= 11 is 0. The number of hydrogen-bond acceptors (Lipinski definition) is 3. The molecule has 0 spiro atoms.